The fourth-order valence-electron chi connectivity index (χ4n) is 2.71. The second-order valence-corrected chi connectivity index (χ2v) is 7.73. The Morgan fingerprint density at radius 3 is 2.82 bits per heavy atom. The molecule has 2 unspecified atom stereocenters. The zero-order valence-corrected chi connectivity index (χ0v) is 13.7. The van der Waals surface area contributed by atoms with Gasteiger partial charge in [0, 0.05) is 32.0 Å². The largest absolute Gasteiger partial charge is 0.339 e. The Morgan fingerprint density at radius 2 is 2.27 bits per heavy atom. The molecular weight excluding hydrogens is 304 g/mol. The van der Waals surface area contributed by atoms with Crippen molar-refractivity contribution in [2.45, 2.75) is 24.3 Å². The van der Waals surface area contributed by atoms with Gasteiger partial charge in [-0.3, -0.25) is 9.78 Å². The van der Waals surface area contributed by atoms with Crippen molar-refractivity contribution >= 4 is 15.9 Å². The van der Waals surface area contributed by atoms with E-state index in [1.165, 1.54) is 25.5 Å². The van der Waals surface area contributed by atoms with Crippen LogP contribution in [0.4, 0.5) is 0 Å². The monoisotopic (exact) mass is 326 g/mol. The zero-order chi connectivity index (χ0) is 16.3. The summed E-state index contributed by atoms with van der Waals surface area (Å²) in [6, 6.07) is 3.11. The molecule has 0 saturated carbocycles. The first-order valence-electron chi connectivity index (χ1n) is 7.22. The Morgan fingerprint density at radius 1 is 1.55 bits per heavy atom. The van der Waals surface area contributed by atoms with Crippen molar-refractivity contribution < 1.29 is 13.2 Å². The molecule has 0 bridgehead atoms. The molecule has 22 heavy (non-hydrogen) atoms. The second-order valence-electron chi connectivity index (χ2n) is 5.68. The number of likely N-dealkylation sites (tertiary alicyclic amines) is 1. The maximum atomic E-state index is 12.4. The molecule has 7 nitrogen and oxygen atoms in total. The predicted octanol–water partition coefficient (Wildman–Crippen LogP) is -0.102. The zero-order valence-electron chi connectivity index (χ0n) is 12.8. The molecule has 8 heteroatoms. The van der Waals surface area contributed by atoms with Crippen molar-refractivity contribution in [3.63, 3.8) is 0 Å². The average Bonchev–Trinajstić information content (AvgIpc) is 2.89. The van der Waals surface area contributed by atoms with Crippen molar-refractivity contribution in [2.75, 3.05) is 26.7 Å². The molecule has 1 aromatic rings. The van der Waals surface area contributed by atoms with Crippen LogP contribution in [0.5, 0.6) is 0 Å². The van der Waals surface area contributed by atoms with Crippen LogP contribution in [0.25, 0.3) is 0 Å². The Hall–Kier alpha value is -1.51. The minimum atomic E-state index is -3.70. The van der Waals surface area contributed by atoms with E-state index in [1.54, 1.807) is 11.0 Å². The van der Waals surface area contributed by atoms with E-state index < -0.39 is 10.0 Å². The van der Waals surface area contributed by atoms with E-state index in [-0.39, 0.29) is 23.4 Å². The van der Waals surface area contributed by atoms with Crippen molar-refractivity contribution in [3.8, 4) is 0 Å². The van der Waals surface area contributed by atoms with Crippen molar-refractivity contribution in [1.29, 1.82) is 0 Å². The molecule has 122 valence electrons. The van der Waals surface area contributed by atoms with E-state index in [2.05, 4.69) is 4.98 Å². The highest BCUT2D eigenvalue weighted by Crippen LogP contribution is 2.22. The number of nitrogens with zero attached hydrogens (tertiary/aromatic N) is 3. The van der Waals surface area contributed by atoms with Gasteiger partial charge in [0.25, 0.3) is 0 Å². The lowest BCUT2D eigenvalue weighted by molar-refractivity contribution is -0.131. The quantitative estimate of drug-likeness (QED) is 0.815. The molecule has 1 amide bonds. The Labute approximate surface area is 131 Å². The standard InChI is InChI=1S/C14H22N4O3S/c1-11-6-12(7-15)9-18(11)14(19)10-17(2)22(20,21)13-4-3-5-16-8-13/h3-5,8,11-12H,6-7,9-10,15H2,1-2H3. The van der Waals surface area contributed by atoms with Crippen LogP contribution in [0, 0.1) is 5.92 Å². The maximum Gasteiger partial charge on any atom is 0.244 e. The van der Waals surface area contributed by atoms with Gasteiger partial charge in [0.2, 0.25) is 15.9 Å². The molecular formula is C14H22N4O3S. The normalized spacial score (nSPS) is 22.3. The third kappa shape index (κ3) is 3.45. The number of nitrogens with two attached hydrogens (primary N) is 1. The lowest BCUT2D eigenvalue weighted by atomic mass is 10.1. The van der Waals surface area contributed by atoms with Gasteiger partial charge < -0.3 is 10.6 Å². The van der Waals surface area contributed by atoms with E-state index in [1.807, 2.05) is 6.92 Å². The molecule has 0 radical (unpaired) electrons. The van der Waals surface area contributed by atoms with Crippen LogP contribution in [-0.4, -0.2) is 61.2 Å². The van der Waals surface area contributed by atoms with Crippen LogP contribution in [0.3, 0.4) is 0 Å². The van der Waals surface area contributed by atoms with Crippen LogP contribution >= 0.6 is 0 Å². The summed E-state index contributed by atoms with van der Waals surface area (Å²) < 4.78 is 25.8. The number of sulfonamides is 1. The fourth-order valence-corrected chi connectivity index (χ4v) is 3.79. The van der Waals surface area contributed by atoms with Gasteiger partial charge >= 0.3 is 0 Å². The third-order valence-corrected chi connectivity index (χ3v) is 5.80. The highest BCUT2D eigenvalue weighted by Gasteiger charge is 2.33. The molecule has 2 rings (SSSR count). The minimum Gasteiger partial charge on any atom is -0.339 e. The fraction of sp³-hybridized carbons (Fsp3) is 0.571. The van der Waals surface area contributed by atoms with Crippen molar-refractivity contribution in [3.05, 3.63) is 24.5 Å². The van der Waals surface area contributed by atoms with Gasteiger partial charge in [-0.25, -0.2) is 8.42 Å². The summed E-state index contributed by atoms with van der Waals surface area (Å²) >= 11 is 0. The molecule has 2 N–H and O–H groups in total. The minimum absolute atomic E-state index is 0.0830. The van der Waals surface area contributed by atoms with Crippen LogP contribution in [0.1, 0.15) is 13.3 Å². The Bertz CT molecular complexity index is 620. The number of hydrogen-bond donors (Lipinski definition) is 1. The lowest BCUT2D eigenvalue weighted by Gasteiger charge is -2.24. The first kappa shape index (κ1) is 16.9. The molecule has 2 heterocycles. The van der Waals surface area contributed by atoms with Crippen molar-refractivity contribution in [1.82, 2.24) is 14.2 Å². The van der Waals surface area contributed by atoms with Gasteiger partial charge in [0.1, 0.15) is 4.90 Å². The smallest absolute Gasteiger partial charge is 0.244 e. The molecule has 1 fully saturated rings. The number of hydrogen-bond acceptors (Lipinski definition) is 5. The molecule has 0 aliphatic carbocycles. The summed E-state index contributed by atoms with van der Waals surface area (Å²) in [5.41, 5.74) is 5.65. The van der Waals surface area contributed by atoms with E-state index in [4.69, 9.17) is 5.73 Å². The molecule has 1 aliphatic rings. The van der Waals surface area contributed by atoms with Gasteiger partial charge in [0.05, 0.1) is 6.54 Å². The van der Waals surface area contributed by atoms with Gasteiger partial charge in [0.15, 0.2) is 0 Å². The second kappa shape index (κ2) is 6.72. The third-order valence-electron chi connectivity index (χ3n) is 4.02. The summed E-state index contributed by atoms with van der Waals surface area (Å²) in [6.45, 7) is 2.91. The molecule has 1 saturated heterocycles. The predicted molar refractivity (Wildman–Crippen MR) is 82.4 cm³/mol. The number of pyridine rings is 1. The van der Waals surface area contributed by atoms with Gasteiger partial charge in [-0.1, -0.05) is 0 Å². The SMILES string of the molecule is CC1CC(CN)CN1C(=O)CN(C)S(=O)(=O)c1cccnc1. The van der Waals surface area contributed by atoms with E-state index in [9.17, 15) is 13.2 Å². The van der Waals surface area contributed by atoms with Gasteiger partial charge in [-0.15, -0.1) is 0 Å². The molecule has 2 atom stereocenters. The molecule has 0 spiro atoms. The summed E-state index contributed by atoms with van der Waals surface area (Å²) in [5.74, 6) is 0.0950. The summed E-state index contributed by atoms with van der Waals surface area (Å²) in [5, 5.41) is 0. The number of aromatic nitrogens is 1. The van der Waals surface area contributed by atoms with Crippen LogP contribution in [0.15, 0.2) is 29.4 Å². The first-order valence-corrected chi connectivity index (χ1v) is 8.66. The number of amides is 1. The summed E-state index contributed by atoms with van der Waals surface area (Å²) in [4.78, 5) is 18.0. The molecule has 0 aromatic carbocycles. The lowest BCUT2D eigenvalue weighted by Crippen LogP contribution is -2.42. The Kier molecular flexibility index (Phi) is 5.15. The van der Waals surface area contributed by atoms with Crippen LogP contribution in [-0.2, 0) is 14.8 Å². The van der Waals surface area contributed by atoms with Crippen molar-refractivity contribution in [2.24, 2.45) is 11.7 Å². The van der Waals surface area contributed by atoms with Crippen LogP contribution in [0.2, 0.25) is 0 Å². The maximum absolute atomic E-state index is 12.4. The number of likely N-dealkylation sites (N-methyl/N-ethyl adjacent to an activating group) is 1. The highest BCUT2D eigenvalue weighted by molar-refractivity contribution is 7.89. The Balaban J connectivity index is 2.06. The first-order chi connectivity index (χ1) is 10.4. The molecule has 1 aliphatic heterocycles. The summed E-state index contributed by atoms with van der Waals surface area (Å²) in [7, 11) is -2.30. The van der Waals surface area contributed by atoms with Gasteiger partial charge in [-0.2, -0.15) is 4.31 Å². The molecule has 1 aromatic heterocycles. The highest BCUT2D eigenvalue weighted by atomic mass is 32.2. The number of carbonyl (C=O) groups excluding carboxylic acids is 1. The summed E-state index contributed by atoms with van der Waals surface area (Å²) in [6.07, 6.45) is 3.64. The topological polar surface area (TPSA) is 96.6 Å². The van der Waals surface area contributed by atoms with E-state index >= 15 is 0 Å². The van der Waals surface area contributed by atoms with E-state index in [0.29, 0.717) is 19.0 Å². The average molecular weight is 326 g/mol. The van der Waals surface area contributed by atoms with Crippen LogP contribution < -0.4 is 5.73 Å². The number of rotatable bonds is 5. The number of carbonyl (C=O) groups is 1. The van der Waals surface area contributed by atoms with Gasteiger partial charge in [-0.05, 0) is 37.9 Å². The van der Waals surface area contributed by atoms with E-state index in [0.717, 1.165) is 10.7 Å².